The zero-order valence-electron chi connectivity index (χ0n) is 10.6. The molecule has 0 atom stereocenters. The van der Waals surface area contributed by atoms with E-state index in [0.29, 0.717) is 17.8 Å². The van der Waals surface area contributed by atoms with Crippen molar-refractivity contribution >= 4 is 5.97 Å². The summed E-state index contributed by atoms with van der Waals surface area (Å²) in [5, 5.41) is 9.05. The Morgan fingerprint density at radius 3 is 2.12 bits per heavy atom. The molecule has 0 aliphatic heterocycles. The maximum Gasteiger partial charge on any atom is 0.303 e. The van der Waals surface area contributed by atoms with E-state index in [-0.39, 0.29) is 5.41 Å². The van der Waals surface area contributed by atoms with E-state index in [4.69, 9.17) is 5.11 Å². The summed E-state index contributed by atoms with van der Waals surface area (Å²) in [6, 6.07) is 0. The second-order valence-electron chi connectivity index (χ2n) is 6.72. The van der Waals surface area contributed by atoms with Crippen molar-refractivity contribution < 1.29 is 9.90 Å². The molecule has 2 heteroatoms. The van der Waals surface area contributed by atoms with Gasteiger partial charge in [0.15, 0.2) is 0 Å². The van der Waals surface area contributed by atoms with Crippen molar-refractivity contribution in [2.75, 3.05) is 0 Å². The maximum atomic E-state index is 11.0. The van der Waals surface area contributed by atoms with Crippen LogP contribution in [0, 0.1) is 16.7 Å². The summed E-state index contributed by atoms with van der Waals surface area (Å²) in [4.78, 5) is 11.0. The van der Waals surface area contributed by atoms with Crippen LogP contribution in [0.4, 0.5) is 0 Å². The molecule has 0 spiro atoms. The molecule has 0 unspecified atom stereocenters. The largest absolute Gasteiger partial charge is 0.481 e. The van der Waals surface area contributed by atoms with E-state index < -0.39 is 5.97 Å². The lowest BCUT2D eigenvalue weighted by Gasteiger charge is -2.50. The van der Waals surface area contributed by atoms with Crippen LogP contribution in [-0.2, 0) is 4.79 Å². The molecule has 2 saturated carbocycles. The molecule has 2 aliphatic carbocycles. The molecule has 2 nitrogen and oxygen atoms in total. The molecule has 0 aromatic rings. The molecule has 0 saturated heterocycles. The van der Waals surface area contributed by atoms with E-state index in [0.717, 1.165) is 12.8 Å². The van der Waals surface area contributed by atoms with Crippen molar-refractivity contribution in [3.8, 4) is 0 Å². The number of carboxylic acid groups (broad SMARTS) is 1. The Morgan fingerprint density at radius 1 is 1.19 bits per heavy atom. The minimum Gasteiger partial charge on any atom is -0.481 e. The number of aliphatic carboxylic acids is 1. The molecule has 0 radical (unpaired) electrons. The van der Waals surface area contributed by atoms with Gasteiger partial charge in [-0.05, 0) is 55.3 Å². The lowest BCUT2D eigenvalue weighted by Crippen LogP contribution is -2.42. The third kappa shape index (κ3) is 2.26. The van der Waals surface area contributed by atoms with Gasteiger partial charge in [0.2, 0.25) is 0 Å². The van der Waals surface area contributed by atoms with Gasteiger partial charge in [0, 0.05) is 0 Å². The van der Waals surface area contributed by atoms with Gasteiger partial charge in [0.1, 0.15) is 0 Å². The summed E-state index contributed by atoms with van der Waals surface area (Å²) in [5.74, 6) is 0.0925. The summed E-state index contributed by atoms with van der Waals surface area (Å²) in [6.45, 7) is 4.68. The molecule has 0 bridgehead atoms. The van der Waals surface area contributed by atoms with E-state index in [1.807, 2.05) is 0 Å². The van der Waals surface area contributed by atoms with Gasteiger partial charge < -0.3 is 5.11 Å². The van der Waals surface area contributed by atoms with Crippen LogP contribution in [0.15, 0.2) is 0 Å². The zero-order chi connectivity index (χ0) is 11.8. The van der Waals surface area contributed by atoms with E-state index in [1.165, 1.54) is 32.1 Å². The molecule has 0 aromatic carbocycles. The highest BCUT2D eigenvalue weighted by Crippen LogP contribution is 2.56. The summed E-state index contributed by atoms with van der Waals surface area (Å²) in [6.07, 6.45) is 9.03. The van der Waals surface area contributed by atoms with Gasteiger partial charge in [0.05, 0.1) is 6.42 Å². The fourth-order valence-corrected chi connectivity index (χ4v) is 3.67. The normalized spacial score (nSPS) is 28.4. The molecule has 0 aromatic heterocycles. The third-order valence-electron chi connectivity index (χ3n) is 5.06. The van der Waals surface area contributed by atoms with Gasteiger partial charge in [-0.3, -0.25) is 4.79 Å². The third-order valence-corrected chi connectivity index (χ3v) is 5.06. The van der Waals surface area contributed by atoms with E-state index >= 15 is 0 Å². The lowest BCUT2D eigenvalue weighted by atomic mass is 9.54. The Bertz CT molecular complexity index is 266. The van der Waals surface area contributed by atoms with Crippen LogP contribution in [0.1, 0.15) is 65.2 Å². The highest BCUT2D eigenvalue weighted by molar-refractivity contribution is 5.68. The smallest absolute Gasteiger partial charge is 0.303 e. The van der Waals surface area contributed by atoms with Gasteiger partial charge >= 0.3 is 5.97 Å². The van der Waals surface area contributed by atoms with Crippen molar-refractivity contribution in [2.45, 2.75) is 65.2 Å². The molecule has 16 heavy (non-hydrogen) atoms. The van der Waals surface area contributed by atoms with E-state index in [9.17, 15) is 4.79 Å². The van der Waals surface area contributed by atoms with Crippen LogP contribution in [-0.4, -0.2) is 11.1 Å². The van der Waals surface area contributed by atoms with Gasteiger partial charge in [-0.1, -0.05) is 20.3 Å². The monoisotopic (exact) mass is 224 g/mol. The molecule has 1 N–H and O–H groups in total. The number of rotatable bonds is 3. The maximum absolute atomic E-state index is 11.0. The summed E-state index contributed by atoms with van der Waals surface area (Å²) < 4.78 is 0. The van der Waals surface area contributed by atoms with Gasteiger partial charge in [0.25, 0.3) is 0 Å². The van der Waals surface area contributed by atoms with E-state index in [1.54, 1.807) is 0 Å². The fourth-order valence-electron chi connectivity index (χ4n) is 3.67. The number of hydrogen-bond donors (Lipinski definition) is 1. The molecule has 0 heterocycles. The van der Waals surface area contributed by atoms with Crippen LogP contribution < -0.4 is 0 Å². The molecule has 2 aliphatic rings. The number of carboxylic acids is 1. The minimum absolute atomic E-state index is 0.183. The van der Waals surface area contributed by atoms with Crippen LogP contribution in [0.25, 0.3) is 0 Å². The van der Waals surface area contributed by atoms with Crippen molar-refractivity contribution in [3.05, 3.63) is 0 Å². The summed E-state index contributed by atoms with van der Waals surface area (Å²) in [7, 11) is 0. The first kappa shape index (κ1) is 11.9. The Hall–Kier alpha value is -0.530. The zero-order valence-corrected chi connectivity index (χ0v) is 10.6. The second kappa shape index (κ2) is 4.05. The van der Waals surface area contributed by atoms with Gasteiger partial charge in [-0.15, -0.1) is 0 Å². The SMILES string of the molecule is CC1(C)CCC(C2(CC(=O)O)CCC2)CC1. The Balaban J connectivity index is 1.98. The van der Waals surface area contributed by atoms with E-state index in [2.05, 4.69) is 13.8 Å². The van der Waals surface area contributed by atoms with Crippen molar-refractivity contribution in [3.63, 3.8) is 0 Å². The molecular formula is C14H24O2. The van der Waals surface area contributed by atoms with Crippen molar-refractivity contribution in [2.24, 2.45) is 16.7 Å². The Morgan fingerprint density at radius 2 is 1.75 bits per heavy atom. The molecular weight excluding hydrogens is 200 g/mol. The minimum atomic E-state index is -0.593. The lowest BCUT2D eigenvalue weighted by molar-refractivity contribution is -0.144. The first-order valence-electron chi connectivity index (χ1n) is 6.65. The molecule has 92 valence electrons. The fraction of sp³-hybridized carbons (Fsp3) is 0.929. The Labute approximate surface area is 98.4 Å². The standard InChI is InChI=1S/C14H24O2/c1-13(2)8-4-11(5-9-13)14(6-3-7-14)10-12(15)16/h11H,3-10H2,1-2H3,(H,15,16). The quantitative estimate of drug-likeness (QED) is 0.790. The van der Waals surface area contributed by atoms with Crippen molar-refractivity contribution in [1.29, 1.82) is 0 Å². The average molecular weight is 224 g/mol. The average Bonchev–Trinajstić information content (AvgIpc) is 2.11. The van der Waals surface area contributed by atoms with Crippen LogP contribution >= 0.6 is 0 Å². The van der Waals surface area contributed by atoms with Crippen LogP contribution in [0.5, 0.6) is 0 Å². The number of carbonyl (C=O) groups is 1. The predicted molar refractivity (Wildman–Crippen MR) is 64.3 cm³/mol. The van der Waals surface area contributed by atoms with Crippen molar-refractivity contribution in [1.82, 2.24) is 0 Å². The van der Waals surface area contributed by atoms with Crippen LogP contribution in [0.2, 0.25) is 0 Å². The number of hydrogen-bond acceptors (Lipinski definition) is 1. The predicted octanol–water partition coefficient (Wildman–Crippen LogP) is 3.85. The molecule has 0 amide bonds. The highest BCUT2D eigenvalue weighted by Gasteiger charge is 2.46. The summed E-state index contributed by atoms with van der Waals surface area (Å²) in [5.41, 5.74) is 0.674. The topological polar surface area (TPSA) is 37.3 Å². The summed E-state index contributed by atoms with van der Waals surface area (Å²) >= 11 is 0. The first-order valence-corrected chi connectivity index (χ1v) is 6.65. The first-order chi connectivity index (χ1) is 7.44. The van der Waals surface area contributed by atoms with Gasteiger partial charge in [-0.25, -0.2) is 0 Å². The molecule has 2 fully saturated rings. The van der Waals surface area contributed by atoms with Gasteiger partial charge in [-0.2, -0.15) is 0 Å². The molecule has 2 rings (SSSR count). The second-order valence-corrected chi connectivity index (χ2v) is 6.72. The Kier molecular flexibility index (Phi) is 3.02. The highest BCUT2D eigenvalue weighted by atomic mass is 16.4. The van der Waals surface area contributed by atoms with Crippen LogP contribution in [0.3, 0.4) is 0 Å².